The van der Waals surface area contributed by atoms with Crippen molar-refractivity contribution in [1.82, 2.24) is 0 Å². The predicted molar refractivity (Wildman–Crippen MR) is 127 cm³/mol. The van der Waals surface area contributed by atoms with Gasteiger partial charge in [-0.3, -0.25) is 10.1 Å². The highest BCUT2D eigenvalue weighted by Crippen LogP contribution is 2.41. The van der Waals surface area contributed by atoms with Crippen LogP contribution in [0.3, 0.4) is 0 Å². The molecule has 162 valence electrons. The third-order valence-corrected chi connectivity index (χ3v) is 5.26. The molecule has 4 aromatic rings. The molecule has 0 unspecified atom stereocenters. The molecule has 0 aliphatic heterocycles. The molecule has 1 amide bonds. The van der Waals surface area contributed by atoms with Gasteiger partial charge in [0.2, 0.25) is 5.88 Å². The number of hydrogen-bond donors (Lipinski definition) is 1. The first-order valence-corrected chi connectivity index (χ1v) is 10.8. The number of benzene rings is 3. The summed E-state index contributed by atoms with van der Waals surface area (Å²) in [4.78, 5) is 24.7. The van der Waals surface area contributed by atoms with Crippen molar-refractivity contribution < 1.29 is 18.7 Å². The second-order valence-corrected chi connectivity index (χ2v) is 7.90. The number of nitrogens with zero attached hydrogens (tertiary/aromatic N) is 1. The molecule has 0 spiro atoms. The average Bonchev–Trinajstić information content (AvgIpc) is 3.21. The minimum absolute atomic E-state index is 0.00119. The number of nitrogens with one attached hydrogen (secondary N) is 1. The Kier molecular flexibility index (Phi) is 6.67. The number of ether oxygens (including phenoxy) is 1. The molecule has 1 heterocycles. The number of carbonyl (C=O) groups excluding carboxylic acids is 2. The van der Waals surface area contributed by atoms with Crippen LogP contribution >= 0.6 is 15.9 Å². The van der Waals surface area contributed by atoms with E-state index in [9.17, 15) is 14.9 Å². The lowest BCUT2D eigenvalue weighted by atomic mass is 9.98. The summed E-state index contributed by atoms with van der Waals surface area (Å²) < 4.78 is 11.8. The van der Waals surface area contributed by atoms with Crippen LogP contribution in [-0.2, 0) is 9.53 Å². The largest absolute Gasteiger partial charge is 0.452 e. The molecule has 0 fully saturated rings. The summed E-state index contributed by atoms with van der Waals surface area (Å²) in [5.74, 6) is -0.803. The third-order valence-electron chi connectivity index (χ3n) is 4.77. The van der Waals surface area contributed by atoms with Crippen molar-refractivity contribution in [2.24, 2.45) is 0 Å². The van der Waals surface area contributed by atoms with Gasteiger partial charge in [0.1, 0.15) is 17.4 Å². The molecule has 0 saturated heterocycles. The minimum atomic E-state index is -0.638. The lowest BCUT2D eigenvalue weighted by Crippen LogP contribution is -2.21. The predicted octanol–water partition coefficient (Wildman–Crippen LogP) is 6.04. The summed E-state index contributed by atoms with van der Waals surface area (Å²) in [5, 5.41) is 12.4. The summed E-state index contributed by atoms with van der Waals surface area (Å²) >= 11 is 3.29. The molecule has 6 nitrogen and oxygen atoms in total. The first kappa shape index (κ1) is 22.1. The van der Waals surface area contributed by atoms with Crippen molar-refractivity contribution in [3.8, 4) is 28.5 Å². The summed E-state index contributed by atoms with van der Waals surface area (Å²) in [5.41, 5.74) is 2.61. The maximum absolute atomic E-state index is 12.5. The third kappa shape index (κ3) is 5.03. The molecule has 4 rings (SSSR count). The molecule has 3 aromatic carbocycles. The van der Waals surface area contributed by atoms with Gasteiger partial charge in [0.05, 0.1) is 5.56 Å². The molecule has 1 N–H and O–H groups in total. The normalized spacial score (nSPS) is 10.3. The Morgan fingerprint density at radius 3 is 2.24 bits per heavy atom. The highest BCUT2D eigenvalue weighted by atomic mass is 79.9. The van der Waals surface area contributed by atoms with Gasteiger partial charge in [-0.05, 0) is 23.8 Å². The van der Waals surface area contributed by atoms with E-state index in [1.54, 1.807) is 24.3 Å². The van der Waals surface area contributed by atoms with E-state index in [0.29, 0.717) is 16.9 Å². The molecular formula is C26H17BrN2O4. The Morgan fingerprint density at radius 2 is 1.61 bits per heavy atom. The van der Waals surface area contributed by atoms with Gasteiger partial charge in [-0.15, -0.1) is 0 Å². The van der Waals surface area contributed by atoms with Crippen molar-refractivity contribution in [3.63, 3.8) is 0 Å². The Bertz CT molecular complexity index is 1340. The van der Waals surface area contributed by atoms with E-state index < -0.39 is 18.5 Å². The summed E-state index contributed by atoms with van der Waals surface area (Å²) in [7, 11) is 0. The first-order valence-electron chi connectivity index (χ1n) is 9.97. The summed E-state index contributed by atoms with van der Waals surface area (Å²) in [6.07, 6.45) is 0. The molecule has 1 aromatic heterocycles. The number of furan rings is 1. The SMILES string of the molecule is N#Cc1c(NC(=O)COC(=O)c2cccc(Br)c2)oc(-c2ccccc2)c1-c1ccccc1. The zero-order chi connectivity index (χ0) is 23.2. The number of halogens is 1. The Morgan fingerprint density at radius 1 is 0.939 bits per heavy atom. The summed E-state index contributed by atoms with van der Waals surface area (Å²) in [6, 6.07) is 27.4. The topological polar surface area (TPSA) is 92.3 Å². The number of amides is 1. The molecule has 0 radical (unpaired) electrons. The fourth-order valence-corrected chi connectivity index (χ4v) is 3.69. The van der Waals surface area contributed by atoms with Gasteiger partial charge < -0.3 is 9.15 Å². The highest BCUT2D eigenvalue weighted by molar-refractivity contribution is 9.10. The van der Waals surface area contributed by atoms with Crippen molar-refractivity contribution in [2.45, 2.75) is 0 Å². The summed E-state index contributed by atoms with van der Waals surface area (Å²) in [6.45, 7) is -0.530. The van der Waals surface area contributed by atoms with Gasteiger partial charge in [0, 0.05) is 15.6 Å². The van der Waals surface area contributed by atoms with E-state index in [4.69, 9.17) is 9.15 Å². The first-order chi connectivity index (χ1) is 16.1. The number of esters is 1. The number of hydrogen-bond acceptors (Lipinski definition) is 5. The fourth-order valence-electron chi connectivity index (χ4n) is 3.29. The number of anilines is 1. The van der Waals surface area contributed by atoms with Crippen molar-refractivity contribution in [2.75, 3.05) is 11.9 Å². The van der Waals surface area contributed by atoms with E-state index in [1.807, 2.05) is 60.7 Å². The molecule has 0 atom stereocenters. The fraction of sp³-hybridized carbons (Fsp3) is 0.0385. The van der Waals surface area contributed by atoms with Crippen molar-refractivity contribution in [1.29, 1.82) is 5.26 Å². The molecule has 0 saturated carbocycles. The zero-order valence-electron chi connectivity index (χ0n) is 17.2. The molecule has 0 aliphatic carbocycles. The van der Waals surface area contributed by atoms with Crippen LogP contribution in [0.5, 0.6) is 0 Å². The maximum atomic E-state index is 12.5. The Hall–Kier alpha value is -4.15. The quantitative estimate of drug-likeness (QED) is 0.325. The van der Waals surface area contributed by atoms with Gasteiger partial charge in [-0.25, -0.2) is 4.79 Å². The van der Waals surface area contributed by atoms with Crippen LogP contribution in [0.4, 0.5) is 5.88 Å². The average molecular weight is 501 g/mol. The second kappa shape index (κ2) is 9.98. The van der Waals surface area contributed by atoms with E-state index in [0.717, 1.165) is 15.6 Å². The van der Waals surface area contributed by atoms with Crippen LogP contribution in [0.25, 0.3) is 22.5 Å². The van der Waals surface area contributed by atoms with Crippen LogP contribution in [0.15, 0.2) is 93.8 Å². The molecule has 0 aliphatic rings. The van der Waals surface area contributed by atoms with Gasteiger partial charge in [0.15, 0.2) is 6.61 Å². The van der Waals surface area contributed by atoms with E-state index in [2.05, 4.69) is 27.3 Å². The highest BCUT2D eigenvalue weighted by Gasteiger charge is 2.24. The van der Waals surface area contributed by atoms with Crippen LogP contribution in [0, 0.1) is 11.3 Å². The van der Waals surface area contributed by atoms with E-state index in [1.165, 1.54) is 0 Å². The van der Waals surface area contributed by atoms with Gasteiger partial charge >= 0.3 is 5.97 Å². The Balaban J connectivity index is 1.60. The standard InChI is InChI=1S/C26H17BrN2O4/c27-20-13-7-12-19(14-20)26(31)32-16-22(30)29-25-21(15-28)23(17-8-3-1-4-9-17)24(33-25)18-10-5-2-6-11-18/h1-14H,16H2,(H,29,30). The molecule has 33 heavy (non-hydrogen) atoms. The number of nitriles is 1. The van der Waals surface area contributed by atoms with Crippen molar-refractivity contribution in [3.05, 3.63) is 101 Å². The maximum Gasteiger partial charge on any atom is 0.338 e. The lowest BCUT2D eigenvalue weighted by molar-refractivity contribution is -0.119. The minimum Gasteiger partial charge on any atom is -0.452 e. The van der Waals surface area contributed by atoms with Crippen molar-refractivity contribution >= 4 is 33.7 Å². The van der Waals surface area contributed by atoms with Crippen LogP contribution in [0.1, 0.15) is 15.9 Å². The van der Waals surface area contributed by atoms with Gasteiger partial charge in [-0.2, -0.15) is 5.26 Å². The number of rotatable bonds is 6. The Labute approximate surface area is 198 Å². The second-order valence-electron chi connectivity index (χ2n) is 6.99. The van der Waals surface area contributed by atoms with E-state index >= 15 is 0 Å². The molecule has 7 heteroatoms. The number of carbonyl (C=O) groups is 2. The molecule has 0 bridgehead atoms. The lowest BCUT2D eigenvalue weighted by Gasteiger charge is -2.05. The van der Waals surface area contributed by atoms with Gasteiger partial charge in [0.25, 0.3) is 5.91 Å². The van der Waals surface area contributed by atoms with E-state index in [-0.39, 0.29) is 11.4 Å². The molecular weight excluding hydrogens is 484 g/mol. The van der Waals surface area contributed by atoms with Crippen LogP contribution in [-0.4, -0.2) is 18.5 Å². The smallest absolute Gasteiger partial charge is 0.338 e. The van der Waals surface area contributed by atoms with Crippen LogP contribution in [0.2, 0.25) is 0 Å². The zero-order valence-corrected chi connectivity index (χ0v) is 18.8. The van der Waals surface area contributed by atoms with Crippen LogP contribution < -0.4 is 5.32 Å². The monoisotopic (exact) mass is 500 g/mol. The van der Waals surface area contributed by atoms with Gasteiger partial charge in [-0.1, -0.05) is 82.7 Å².